The van der Waals surface area contributed by atoms with Gasteiger partial charge in [0.05, 0.1) is 0 Å². The fourth-order valence-electron chi connectivity index (χ4n) is 2.58. The van der Waals surface area contributed by atoms with Crippen LogP contribution in [-0.4, -0.2) is 44.2 Å². The molecule has 0 bridgehead atoms. The number of likely N-dealkylation sites (tertiary alicyclic amines) is 1. The maximum absolute atomic E-state index is 5.94. The molecule has 1 fully saturated rings. The minimum absolute atomic E-state index is 0.658. The zero-order valence-corrected chi connectivity index (χ0v) is 11.7. The topological polar surface area (TPSA) is 24.5 Å². The van der Waals surface area contributed by atoms with E-state index in [1.165, 1.54) is 24.1 Å². The predicted octanol–water partition coefficient (Wildman–Crippen LogP) is 1.98. The number of para-hydroxylation sites is 1. The summed E-state index contributed by atoms with van der Waals surface area (Å²) in [7, 11) is 2.04. The number of nitrogens with zero attached hydrogens (tertiary/aromatic N) is 1. The van der Waals surface area contributed by atoms with Crippen LogP contribution in [0.1, 0.15) is 17.5 Å². The van der Waals surface area contributed by atoms with Gasteiger partial charge in [-0.1, -0.05) is 18.2 Å². The van der Waals surface area contributed by atoms with Crippen LogP contribution < -0.4 is 10.1 Å². The van der Waals surface area contributed by atoms with Crippen LogP contribution in [0.4, 0.5) is 0 Å². The van der Waals surface area contributed by atoms with Crippen molar-refractivity contribution in [3.05, 3.63) is 29.3 Å². The van der Waals surface area contributed by atoms with E-state index >= 15 is 0 Å². The number of hydrogen-bond acceptors (Lipinski definition) is 3. The Hall–Kier alpha value is -1.06. The lowest BCUT2D eigenvalue weighted by Gasteiger charge is -2.17. The third-order valence-electron chi connectivity index (χ3n) is 3.74. The Morgan fingerprint density at radius 2 is 2.06 bits per heavy atom. The Kier molecular flexibility index (Phi) is 4.61. The summed E-state index contributed by atoms with van der Waals surface area (Å²) in [4.78, 5) is 2.47. The van der Waals surface area contributed by atoms with Crippen molar-refractivity contribution in [3.63, 3.8) is 0 Å². The van der Waals surface area contributed by atoms with Gasteiger partial charge in [0, 0.05) is 19.1 Å². The lowest BCUT2D eigenvalue weighted by Crippen LogP contribution is -2.31. The molecule has 1 atom stereocenters. The molecule has 1 aromatic rings. The van der Waals surface area contributed by atoms with Crippen LogP contribution in [0.25, 0.3) is 0 Å². The molecule has 1 saturated heterocycles. The summed E-state index contributed by atoms with van der Waals surface area (Å²) in [5, 5.41) is 3.34. The molecule has 3 nitrogen and oxygen atoms in total. The maximum Gasteiger partial charge on any atom is 0.125 e. The standard InChI is InChI=1S/C15H24N2O/c1-12-5-4-6-13(2)15(12)18-10-9-17-8-7-14(11-17)16-3/h4-6,14,16H,7-11H2,1-3H3. The first-order valence-corrected chi connectivity index (χ1v) is 6.79. The van der Waals surface area contributed by atoms with Gasteiger partial charge < -0.3 is 10.1 Å². The van der Waals surface area contributed by atoms with Crippen LogP contribution in [0.3, 0.4) is 0 Å². The van der Waals surface area contributed by atoms with E-state index in [-0.39, 0.29) is 0 Å². The Labute approximate surface area is 110 Å². The van der Waals surface area contributed by atoms with Crippen LogP contribution in [0.5, 0.6) is 5.75 Å². The van der Waals surface area contributed by atoms with Crippen molar-refractivity contribution in [2.75, 3.05) is 33.3 Å². The van der Waals surface area contributed by atoms with E-state index in [0.29, 0.717) is 6.04 Å². The number of ether oxygens (including phenoxy) is 1. The maximum atomic E-state index is 5.94. The highest BCUT2D eigenvalue weighted by Crippen LogP contribution is 2.22. The summed E-state index contributed by atoms with van der Waals surface area (Å²) in [6, 6.07) is 6.95. The monoisotopic (exact) mass is 248 g/mol. The molecule has 1 N–H and O–H groups in total. The van der Waals surface area contributed by atoms with E-state index < -0.39 is 0 Å². The molecule has 1 heterocycles. The van der Waals surface area contributed by atoms with E-state index in [4.69, 9.17) is 4.74 Å². The Morgan fingerprint density at radius 3 is 2.67 bits per heavy atom. The second kappa shape index (κ2) is 6.21. The van der Waals surface area contributed by atoms with E-state index in [1.807, 2.05) is 7.05 Å². The van der Waals surface area contributed by atoms with Gasteiger partial charge in [0.2, 0.25) is 0 Å². The van der Waals surface area contributed by atoms with Gasteiger partial charge in [0.15, 0.2) is 0 Å². The van der Waals surface area contributed by atoms with Crippen LogP contribution in [0.2, 0.25) is 0 Å². The molecule has 0 radical (unpaired) electrons. The third-order valence-corrected chi connectivity index (χ3v) is 3.74. The highest BCUT2D eigenvalue weighted by molar-refractivity contribution is 5.39. The Balaban J connectivity index is 1.79. The fraction of sp³-hybridized carbons (Fsp3) is 0.600. The van der Waals surface area contributed by atoms with E-state index in [1.54, 1.807) is 0 Å². The van der Waals surface area contributed by atoms with Gasteiger partial charge in [0.1, 0.15) is 12.4 Å². The molecule has 1 aliphatic rings. The van der Waals surface area contributed by atoms with Crippen molar-refractivity contribution >= 4 is 0 Å². The average molecular weight is 248 g/mol. The van der Waals surface area contributed by atoms with E-state index in [0.717, 1.165) is 25.4 Å². The van der Waals surface area contributed by atoms with Crippen molar-refractivity contribution in [2.45, 2.75) is 26.3 Å². The summed E-state index contributed by atoms with van der Waals surface area (Å²) >= 11 is 0. The van der Waals surface area contributed by atoms with Gasteiger partial charge in [0.25, 0.3) is 0 Å². The van der Waals surface area contributed by atoms with E-state index in [2.05, 4.69) is 42.3 Å². The molecule has 1 unspecified atom stereocenters. The molecule has 0 spiro atoms. The largest absolute Gasteiger partial charge is 0.492 e. The first-order chi connectivity index (χ1) is 8.70. The number of aryl methyl sites for hydroxylation is 2. The van der Waals surface area contributed by atoms with Crippen molar-refractivity contribution in [3.8, 4) is 5.75 Å². The summed E-state index contributed by atoms with van der Waals surface area (Å²) in [5.41, 5.74) is 2.45. The summed E-state index contributed by atoms with van der Waals surface area (Å²) in [5.74, 6) is 1.06. The number of rotatable bonds is 5. The van der Waals surface area contributed by atoms with Gasteiger partial charge in [-0.25, -0.2) is 0 Å². The molecule has 1 aromatic carbocycles. The summed E-state index contributed by atoms with van der Waals surface area (Å²) in [6.07, 6.45) is 1.25. The van der Waals surface area contributed by atoms with Crippen molar-refractivity contribution in [1.29, 1.82) is 0 Å². The van der Waals surface area contributed by atoms with Gasteiger partial charge >= 0.3 is 0 Å². The highest BCUT2D eigenvalue weighted by atomic mass is 16.5. The molecule has 0 amide bonds. The molecule has 0 aliphatic carbocycles. The second-order valence-electron chi connectivity index (χ2n) is 5.14. The van der Waals surface area contributed by atoms with Crippen LogP contribution in [0, 0.1) is 13.8 Å². The Bertz CT molecular complexity index is 372. The smallest absolute Gasteiger partial charge is 0.125 e. The van der Waals surface area contributed by atoms with E-state index in [9.17, 15) is 0 Å². The van der Waals surface area contributed by atoms with Crippen LogP contribution in [-0.2, 0) is 0 Å². The molecular weight excluding hydrogens is 224 g/mol. The Morgan fingerprint density at radius 1 is 1.33 bits per heavy atom. The number of benzene rings is 1. The number of likely N-dealkylation sites (N-methyl/N-ethyl adjacent to an activating group) is 1. The van der Waals surface area contributed by atoms with Gasteiger partial charge in [-0.2, -0.15) is 0 Å². The fourth-order valence-corrected chi connectivity index (χ4v) is 2.58. The first kappa shape index (κ1) is 13.4. The zero-order chi connectivity index (χ0) is 13.0. The molecule has 18 heavy (non-hydrogen) atoms. The minimum atomic E-state index is 0.658. The van der Waals surface area contributed by atoms with Crippen LogP contribution >= 0.6 is 0 Å². The predicted molar refractivity (Wildman–Crippen MR) is 75.3 cm³/mol. The summed E-state index contributed by atoms with van der Waals surface area (Å²) in [6.45, 7) is 8.34. The lowest BCUT2D eigenvalue weighted by atomic mass is 10.1. The molecule has 0 saturated carbocycles. The zero-order valence-electron chi connectivity index (χ0n) is 11.7. The lowest BCUT2D eigenvalue weighted by molar-refractivity contribution is 0.233. The highest BCUT2D eigenvalue weighted by Gasteiger charge is 2.20. The van der Waals surface area contributed by atoms with Gasteiger partial charge in [-0.05, 0) is 45.0 Å². The molecule has 3 heteroatoms. The molecular formula is C15H24N2O. The van der Waals surface area contributed by atoms with Gasteiger partial charge in [-0.3, -0.25) is 4.90 Å². The number of hydrogen-bond donors (Lipinski definition) is 1. The van der Waals surface area contributed by atoms with Crippen LogP contribution in [0.15, 0.2) is 18.2 Å². The molecule has 2 rings (SSSR count). The summed E-state index contributed by atoms with van der Waals surface area (Å²) < 4.78 is 5.94. The SMILES string of the molecule is CNC1CCN(CCOc2c(C)cccc2C)C1. The molecule has 0 aromatic heterocycles. The second-order valence-corrected chi connectivity index (χ2v) is 5.14. The normalized spacial score (nSPS) is 20.3. The third kappa shape index (κ3) is 3.24. The average Bonchev–Trinajstić information content (AvgIpc) is 2.81. The first-order valence-electron chi connectivity index (χ1n) is 6.79. The van der Waals surface area contributed by atoms with Gasteiger partial charge in [-0.15, -0.1) is 0 Å². The number of nitrogens with one attached hydrogen (secondary N) is 1. The van der Waals surface area contributed by atoms with Crippen molar-refractivity contribution in [1.82, 2.24) is 10.2 Å². The minimum Gasteiger partial charge on any atom is -0.492 e. The quantitative estimate of drug-likeness (QED) is 0.862. The molecule has 100 valence electrons. The van der Waals surface area contributed by atoms with Crippen molar-refractivity contribution in [2.24, 2.45) is 0 Å². The molecule has 1 aliphatic heterocycles. The van der Waals surface area contributed by atoms with Crippen molar-refractivity contribution < 1.29 is 4.74 Å².